The molecule has 17 heavy (non-hydrogen) atoms. The summed E-state index contributed by atoms with van der Waals surface area (Å²) in [6.07, 6.45) is 1.58. The number of hydrogen-bond acceptors (Lipinski definition) is 2. The lowest BCUT2D eigenvalue weighted by atomic mass is 10.1. The first-order chi connectivity index (χ1) is 8.27. The summed E-state index contributed by atoms with van der Waals surface area (Å²) in [6.45, 7) is 0. The van der Waals surface area contributed by atoms with Gasteiger partial charge in [-0.1, -0.05) is 48.5 Å². The monoisotopic (exact) mass is 225 g/mol. The van der Waals surface area contributed by atoms with E-state index in [1.807, 2.05) is 36.4 Å². The fourth-order valence-electron chi connectivity index (χ4n) is 1.56. The van der Waals surface area contributed by atoms with Gasteiger partial charge in [-0.25, -0.2) is 0 Å². The Bertz CT molecular complexity index is 533. The first-order valence-electron chi connectivity index (χ1n) is 5.24. The zero-order valence-corrected chi connectivity index (χ0v) is 9.11. The Balaban J connectivity index is 2.44. The van der Waals surface area contributed by atoms with E-state index >= 15 is 0 Å². The van der Waals surface area contributed by atoms with Crippen LogP contribution in [-0.2, 0) is 0 Å². The third-order valence-electron chi connectivity index (χ3n) is 2.37. The van der Waals surface area contributed by atoms with Gasteiger partial charge in [-0.15, -0.1) is 0 Å². The molecule has 0 unspecified atom stereocenters. The van der Waals surface area contributed by atoms with E-state index in [1.54, 1.807) is 30.3 Å². The summed E-state index contributed by atoms with van der Waals surface area (Å²) in [7, 11) is 0. The molecule has 2 rings (SSSR count). The Morgan fingerprint density at radius 2 is 1.47 bits per heavy atom. The molecule has 0 atom stereocenters. The fourth-order valence-corrected chi connectivity index (χ4v) is 1.56. The van der Waals surface area contributed by atoms with E-state index < -0.39 is 0 Å². The highest BCUT2D eigenvalue weighted by Crippen LogP contribution is 2.18. The molecule has 0 bridgehead atoms. The zero-order chi connectivity index (χ0) is 12.1. The molecule has 0 saturated carbocycles. The van der Waals surface area contributed by atoms with Crippen molar-refractivity contribution in [1.29, 1.82) is 0 Å². The van der Waals surface area contributed by atoms with Gasteiger partial charge in [0.2, 0.25) is 0 Å². The molecule has 0 aliphatic heterocycles. The molecule has 84 valence electrons. The maximum absolute atomic E-state index is 11.0. The Morgan fingerprint density at radius 3 is 2.00 bits per heavy atom. The largest absolute Gasteiger partial charge is 0.277 e. The highest BCUT2D eigenvalue weighted by molar-refractivity contribution is 5.76. The third-order valence-corrected chi connectivity index (χ3v) is 2.37. The van der Waals surface area contributed by atoms with E-state index in [9.17, 15) is 10.1 Å². The summed E-state index contributed by atoms with van der Waals surface area (Å²) < 4.78 is 0. The summed E-state index contributed by atoms with van der Waals surface area (Å²) in [5, 5.41) is 11.0. The standard InChI is InChI=1S/C14H11NO2/c16-15(17)14(13-9-5-2-6-10-13)11-12-7-3-1-4-8-12/h1-11H/b14-11-. The zero-order valence-electron chi connectivity index (χ0n) is 9.11. The second kappa shape index (κ2) is 5.07. The summed E-state index contributed by atoms with van der Waals surface area (Å²) in [5.41, 5.74) is 1.54. The number of rotatable bonds is 3. The van der Waals surface area contributed by atoms with Gasteiger partial charge in [-0.3, -0.25) is 10.1 Å². The molecule has 0 amide bonds. The van der Waals surface area contributed by atoms with Crippen molar-refractivity contribution in [2.24, 2.45) is 0 Å². The quantitative estimate of drug-likeness (QED) is 0.456. The van der Waals surface area contributed by atoms with Crippen LogP contribution < -0.4 is 0 Å². The van der Waals surface area contributed by atoms with E-state index in [2.05, 4.69) is 0 Å². The molecule has 0 aliphatic rings. The van der Waals surface area contributed by atoms with Crippen molar-refractivity contribution in [3.63, 3.8) is 0 Å². The average Bonchev–Trinajstić information content (AvgIpc) is 2.38. The molecule has 0 spiro atoms. The van der Waals surface area contributed by atoms with Gasteiger partial charge in [0.1, 0.15) is 0 Å². The van der Waals surface area contributed by atoms with Crippen LogP contribution in [0.5, 0.6) is 0 Å². The average molecular weight is 225 g/mol. The Kier molecular flexibility index (Phi) is 3.31. The second-order valence-electron chi connectivity index (χ2n) is 3.56. The van der Waals surface area contributed by atoms with Crippen molar-refractivity contribution in [2.45, 2.75) is 0 Å². The minimum absolute atomic E-state index is 0.108. The second-order valence-corrected chi connectivity index (χ2v) is 3.56. The third kappa shape index (κ3) is 2.78. The van der Waals surface area contributed by atoms with Gasteiger partial charge in [0.25, 0.3) is 5.70 Å². The van der Waals surface area contributed by atoms with Crippen molar-refractivity contribution in [2.75, 3.05) is 0 Å². The SMILES string of the molecule is O=[N+]([O-])/C(=C\c1ccccc1)c1ccccc1. The summed E-state index contributed by atoms with van der Waals surface area (Å²) in [5.74, 6) is 0. The van der Waals surface area contributed by atoms with E-state index in [-0.39, 0.29) is 10.6 Å². The van der Waals surface area contributed by atoms with Gasteiger partial charge in [-0.2, -0.15) is 0 Å². The number of hydrogen-bond donors (Lipinski definition) is 0. The van der Waals surface area contributed by atoms with Crippen LogP contribution in [0.25, 0.3) is 11.8 Å². The topological polar surface area (TPSA) is 43.1 Å². The summed E-state index contributed by atoms with van der Waals surface area (Å²) in [4.78, 5) is 10.7. The molecule has 0 heterocycles. The van der Waals surface area contributed by atoms with Crippen molar-refractivity contribution >= 4 is 11.8 Å². The number of benzene rings is 2. The van der Waals surface area contributed by atoms with Crippen LogP contribution >= 0.6 is 0 Å². The molecule has 0 aromatic heterocycles. The normalized spacial score (nSPS) is 11.2. The smallest absolute Gasteiger partial charge is 0.258 e. The van der Waals surface area contributed by atoms with E-state index in [0.29, 0.717) is 5.56 Å². The van der Waals surface area contributed by atoms with Crippen LogP contribution in [0.3, 0.4) is 0 Å². The lowest BCUT2D eigenvalue weighted by Gasteiger charge is -1.98. The minimum atomic E-state index is -0.359. The van der Waals surface area contributed by atoms with Crippen LogP contribution in [0.1, 0.15) is 11.1 Å². The van der Waals surface area contributed by atoms with Gasteiger partial charge in [0.05, 0.1) is 10.5 Å². The lowest BCUT2D eigenvalue weighted by molar-refractivity contribution is -0.374. The Labute approximate surface area is 99.2 Å². The molecule has 0 radical (unpaired) electrons. The highest BCUT2D eigenvalue weighted by atomic mass is 16.6. The summed E-state index contributed by atoms with van der Waals surface area (Å²) in [6, 6.07) is 18.2. The van der Waals surface area contributed by atoms with Crippen LogP contribution in [0.4, 0.5) is 0 Å². The van der Waals surface area contributed by atoms with Gasteiger partial charge in [0, 0.05) is 6.08 Å². The lowest BCUT2D eigenvalue weighted by Crippen LogP contribution is -1.97. The van der Waals surface area contributed by atoms with Crippen LogP contribution in [-0.4, -0.2) is 4.92 Å². The molecule has 0 fully saturated rings. The Hall–Kier alpha value is -2.42. The molecule has 2 aromatic carbocycles. The molecular formula is C14H11NO2. The molecule has 3 heteroatoms. The van der Waals surface area contributed by atoms with E-state index in [4.69, 9.17) is 0 Å². The van der Waals surface area contributed by atoms with Crippen LogP contribution in [0.15, 0.2) is 60.7 Å². The molecule has 2 aromatic rings. The predicted molar refractivity (Wildman–Crippen MR) is 67.7 cm³/mol. The molecule has 3 nitrogen and oxygen atoms in total. The maximum Gasteiger partial charge on any atom is 0.277 e. The van der Waals surface area contributed by atoms with Gasteiger partial charge >= 0.3 is 0 Å². The number of nitro groups is 1. The van der Waals surface area contributed by atoms with Gasteiger partial charge in [-0.05, 0) is 17.7 Å². The Morgan fingerprint density at radius 1 is 0.941 bits per heavy atom. The van der Waals surface area contributed by atoms with E-state index in [1.165, 1.54) is 0 Å². The van der Waals surface area contributed by atoms with Crippen LogP contribution in [0.2, 0.25) is 0 Å². The maximum atomic E-state index is 11.0. The molecule has 0 N–H and O–H groups in total. The van der Waals surface area contributed by atoms with E-state index in [0.717, 1.165) is 5.56 Å². The van der Waals surface area contributed by atoms with Gasteiger partial charge < -0.3 is 0 Å². The van der Waals surface area contributed by atoms with Crippen molar-refractivity contribution in [1.82, 2.24) is 0 Å². The molecule has 0 aliphatic carbocycles. The van der Waals surface area contributed by atoms with Crippen molar-refractivity contribution in [3.8, 4) is 0 Å². The molecule has 0 saturated heterocycles. The predicted octanol–water partition coefficient (Wildman–Crippen LogP) is 3.46. The van der Waals surface area contributed by atoms with Gasteiger partial charge in [0.15, 0.2) is 0 Å². The first kappa shape index (κ1) is 11.1. The highest BCUT2D eigenvalue weighted by Gasteiger charge is 2.12. The first-order valence-corrected chi connectivity index (χ1v) is 5.24. The van der Waals surface area contributed by atoms with Crippen LogP contribution in [0, 0.1) is 10.1 Å². The fraction of sp³-hybridized carbons (Fsp3) is 0. The number of nitrogens with zero attached hydrogens (tertiary/aromatic N) is 1. The summed E-state index contributed by atoms with van der Waals surface area (Å²) >= 11 is 0. The van der Waals surface area contributed by atoms with Crippen molar-refractivity contribution < 1.29 is 4.92 Å². The minimum Gasteiger partial charge on any atom is -0.258 e. The molecular weight excluding hydrogens is 214 g/mol. The van der Waals surface area contributed by atoms with Crippen molar-refractivity contribution in [3.05, 3.63) is 81.9 Å².